The van der Waals surface area contributed by atoms with Crippen molar-refractivity contribution in [2.75, 3.05) is 13.1 Å². The number of aromatic nitrogens is 3. The van der Waals surface area contributed by atoms with E-state index in [4.69, 9.17) is 0 Å². The van der Waals surface area contributed by atoms with E-state index in [-0.39, 0.29) is 18.3 Å². The van der Waals surface area contributed by atoms with Crippen molar-refractivity contribution in [2.24, 2.45) is 11.8 Å². The molecular formula is C18H30ClN5O. The molecule has 3 fully saturated rings. The van der Waals surface area contributed by atoms with E-state index in [2.05, 4.69) is 20.9 Å². The zero-order valence-corrected chi connectivity index (χ0v) is 15.9. The van der Waals surface area contributed by atoms with Crippen LogP contribution >= 0.6 is 12.4 Å². The second-order valence-corrected chi connectivity index (χ2v) is 7.83. The second-order valence-electron chi connectivity index (χ2n) is 7.83. The zero-order chi connectivity index (χ0) is 16.5. The van der Waals surface area contributed by atoms with Gasteiger partial charge in [0.25, 0.3) is 5.91 Å². The highest BCUT2D eigenvalue weighted by atomic mass is 35.5. The lowest BCUT2D eigenvalue weighted by atomic mass is 9.85. The van der Waals surface area contributed by atoms with Gasteiger partial charge in [0.05, 0.1) is 11.7 Å². The molecule has 1 aromatic heterocycles. The molecule has 1 saturated heterocycles. The Morgan fingerprint density at radius 3 is 2.60 bits per heavy atom. The Kier molecular flexibility index (Phi) is 6.00. The van der Waals surface area contributed by atoms with Gasteiger partial charge in [-0.15, -0.1) is 17.5 Å². The molecule has 3 aliphatic rings. The van der Waals surface area contributed by atoms with E-state index in [0.717, 1.165) is 44.0 Å². The van der Waals surface area contributed by atoms with Gasteiger partial charge in [-0.2, -0.15) is 0 Å². The van der Waals surface area contributed by atoms with Crippen LogP contribution < -0.4 is 10.6 Å². The van der Waals surface area contributed by atoms with Crippen LogP contribution in [-0.2, 0) is 0 Å². The van der Waals surface area contributed by atoms with Crippen LogP contribution in [0.15, 0.2) is 0 Å². The SMILES string of the molecule is Cc1c(C(=O)NC2CC2C2CCCCC2)nnn1C1CCNCC1.Cl. The fraction of sp³-hybridized carbons (Fsp3) is 0.833. The molecule has 140 valence electrons. The molecule has 0 bridgehead atoms. The monoisotopic (exact) mass is 367 g/mol. The molecule has 0 radical (unpaired) electrons. The number of nitrogens with one attached hydrogen (secondary N) is 2. The maximum absolute atomic E-state index is 12.6. The number of piperidine rings is 1. The number of amides is 1. The van der Waals surface area contributed by atoms with Crippen molar-refractivity contribution in [1.29, 1.82) is 0 Å². The Morgan fingerprint density at radius 1 is 1.16 bits per heavy atom. The molecule has 0 aromatic carbocycles. The van der Waals surface area contributed by atoms with E-state index in [1.54, 1.807) is 0 Å². The lowest BCUT2D eigenvalue weighted by molar-refractivity contribution is 0.0941. The number of carbonyl (C=O) groups is 1. The van der Waals surface area contributed by atoms with Crippen molar-refractivity contribution < 1.29 is 4.79 Å². The Morgan fingerprint density at radius 2 is 1.88 bits per heavy atom. The summed E-state index contributed by atoms with van der Waals surface area (Å²) in [6.45, 7) is 4.00. The molecule has 1 amide bonds. The highest BCUT2D eigenvalue weighted by Gasteiger charge is 2.44. The van der Waals surface area contributed by atoms with Crippen molar-refractivity contribution in [1.82, 2.24) is 25.6 Å². The Bertz CT molecular complexity index is 592. The quantitative estimate of drug-likeness (QED) is 0.858. The number of hydrogen-bond acceptors (Lipinski definition) is 4. The second kappa shape index (κ2) is 8.04. The molecule has 2 atom stereocenters. The molecule has 6 nitrogen and oxygen atoms in total. The summed E-state index contributed by atoms with van der Waals surface area (Å²) in [4.78, 5) is 12.6. The van der Waals surface area contributed by atoms with Gasteiger partial charge in [-0.3, -0.25) is 4.79 Å². The van der Waals surface area contributed by atoms with Crippen molar-refractivity contribution in [3.63, 3.8) is 0 Å². The summed E-state index contributed by atoms with van der Waals surface area (Å²) in [5.74, 6) is 1.50. The standard InChI is InChI=1S/C18H29N5O.ClH/c1-12-17(21-22-23(12)14-7-9-19-10-8-14)18(24)20-16-11-15(16)13-5-3-2-4-6-13;/h13-16,19H,2-11H2,1H3,(H,20,24);1H. The fourth-order valence-corrected chi connectivity index (χ4v) is 4.65. The van der Waals surface area contributed by atoms with Crippen molar-refractivity contribution in [2.45, 2.75) is 70.4 Å². The minimum absolute atomic E-state index is 0. The lowest BCUT2D eigenvalue weighted by Crippen LogP contribution is -2.31. The smallest absolute Gasteiger partial charge is 0.273 e. The first-order chi connectivity index (χ1) is 11.7. The van der Waals surface area contributed by atoms with Gasteiger partial charge < -0.3 is 10.6 Å². The molecule has 0 spiro atoms. The van der Waals surface area contributed by atoms with Crippen LogP contribution in [-0.4, -0.2) is 40.0 Å². The molecular weight excluding hydrogens is 338 g/mol. The van der Waals surface area contributed by atoms with Crippen molar-refractivity contribution in [3.05, 3.63) is 11.4 Å². The van der Waals surface area contributed by atoms with Gasteiger partial charge in [0.1, 0.15) is 0 Å². The summed E-state index contributed by atoms with van der Waals surface area (Å²) in [5.41, 5.74) is 1.43. The topological polar surface area (TPSA) is 71.8 Å². The summed E-state index contributed by atoms with van der Waals surface area (Å²) in [6.07, 6.45) is 10.1. The van der Waals surface area contributed by atoms with Crippen LogP contribution in [0.1, 0.15) is 73.6 Å². The first-order valence-electron chi connectivity index (χ1n) is 9.67. The molecule has 2 N–H and O–H groups in total. The summed E-state index contributed by atoms with van der Waals surface area (Å²) >= 11 is 0. The first-order valence-corrected chi connectivity index (χ1v) is 9.67. The van der Waals surface area contributed by atoms with Crippen molar-refractivity contribution in [3.8, 4) is 0 Å². The highest BCUT2D eigenvalue weighted by molar-refractivity contribution is 5.93. The van der Waals surface area contributed by atoms with Crippen LogP contribution in [0.2, 0.25) is 0 Å². The summed E-state index contributed by atoms with van der Waals surface area (Å²) in [7, 11) is 0. The van der Waals surface area contributed by atoms with Gasteiger partial charge in [-0.05, 0) is 51.1 Å². The average molecular weight is 368 g/mol. The van der Waals surface area contributed by atoms with Crippen LogP contribution in [0.25, 0.3) is 0 Å². The third-order valence-electron chi connectivity index (χ3n) is 6.21. The van der Waals surface area contributed by atoms with Gasteiger partial charge in [-0.1, -0.05) is 37.3 Å². The maximum atomic E-state index is 12.6. The third-order valence-corrected chi connectivity index (χ3v) is 6.21. The molecule has 7 heteroatoms. The average Bonchev–Trinajstić information content (AvgIpc) is 3.28. The van der Waals surface area contributed by atoms with Crippen molar-refractivity contribution >= 4 is 18.3 Å². The van der Waals surface area contributed by atoms with E-state index < -0.39 is 0 Å². The molecule has 4 rings (SSSR count). The normalized spacial score (nSPS) is 27.6. The van der Waals surface area contributed by atoms with Crippen LogP contribution in [0.4, 0.5) is 0 Å². The first kappa shape index (κ1) is 18.6. The van der Waals surface area contributed by atoms with E-state index in [1.807, 2.05) is 11.6 Å². The molecule has 2 aliphatic carbocycles. The molecule has 2 saturated carbocycles. The molecule has 1 aromatic rings. The molecule has 2 unspecified atom stereocenters. The zero-order valence-electron chi connectivity index (χ0n) is 15.0. The highest BCUT2D eigenvalue weighted by Crippen LogP contribution is 2.44. The third kappa shape index (κ3) is 4.00. The fourth-order valence-electron chi connectivity index (χ4n) is 4.65. The number of carbonyl (C=O) groups excluding carboxylic acids is 1. The Hall–Kier alpha value is -1.14. The van der Waals surface area contributed by atoms with Crippen LogP contribution in [0, 0.1) is 18.8 Å². The number of halogens is 1. The summed E-state index contributed by atoms with van der Waals surface area (Å²) < 4.78 is 1.96. The lowest BCUT2D eigenvalue weighted by Gasteiger charge is -2.23. The van der Waals surface area contributed by atoms with E-state index in [1.165, 1.54) is 32.1 Å². The predicted octanol–water partition coefficient (Wildman–Crippen LogP) is 2.63. The number of nitrogens with zero attached hydrogens (tertiary/aromatic N) is 3. The van der Waals surface area contributed by atoms with E-state index in [9.17, 15) is 4.79 Å². The summed E-state index contributed by atoms with van der Waals surface area (Å²) in [5, 5.41) is 15.0. The number of rotatable bonds is 4. The van der Waals surface area contributed by atoms with Crippen LogP contribution in [0.3, 0.4) is 0 Å². The Balaban J connectivity index is 0.00000182. The van der Waals surface area contributed by atoms with E-state index in [0.29, 0.717) is 23.7 Å². The number of hydrogen-bond donors (Lipinski definition) is 2. The Labute approximate surface area is 155 Å². The minimum atomic E-state index is -0.0315. The largest absolute Gasteiger partial charge is 0.348 e. The molecule has 25 heavy (non-hydrogen) atoms. The van der Waals surface area contributed by atoms with Gasteiger partial charge in [0.15, 0.2) is 5.69 Å². The van der Waals surface area contributed by atoms with Gasteiger partial charge in [0.2, 0.25) is 0 Å². The van der Waals surface area contributed by atoms with Gasteiger partial charge >= 0.3 is 0 Å². The van der Waals surface area contributed by atoms with Gasteiger partial charge in [-0.25, -0.2) is 4.68 Å². The maximum Gasteiger partial charge on any atom is 0.273 e. The summed E-state index contributed by atoms with van der Waals surface area (Å²) in [6, 6.07) is 0.736. The minimum Gasteiger partial charge on any atom is -0.348 e. The molecule has 2 heterocycles. The van der Waals surface area contributed by atoms with Gasteiger partial charge in [0, 0.05) is 6.04 Å². The van der Waals surface area contributed by atoms with Crippen LogP contribution in [0.5, 0.6) is 0 Å². The van der Waals surface area contributed by atoms with E-state index >= 15 is 0 Å². The molecule has 1 aliphatic heterocycles. The predicted molar refractivity (Wildman–Crippen MR) is 99.1 cm³/mol.